The first-order valence-corrected chi connectivity index (χ1v) is 5.69. The largest absolute Gasteiger partial charge is 0.401 e. The second-order valence-corrected chi connectivity index (χ2v) is 4.79. The maximum absolute atomic E-state index is 12.1. The Morgan fingerprint density at radius 3 is 2.71 bits per heavy atom. The second-order valence-electron chi connectivity index (χ2n) is 4.79. The minimum atomic E-state index is -4.26. The third-order valence-electron chi connectivity index (χ3n) is 2.96. The average molecular weight is 246 g/mol. The van der Waals surface area contributed by atoms with Crippen LogP contribution >= 0.6 is 0 Å². The molecule has 0 saturated carbocycles. The molecule has 0 bridgehead atoms. The number of alkyl halides is 3. The molecular weight excluding hydrogens is 229 g/mol. The summed E-state index contributed by atoms with van der Waals surface area (Å²) >= 11 is 0. The molecule has 3 unspecified atom stereocenters. The summed E-state index contributed by atoms with van der Waals surface area (Å²) in [5.41, 5.74) is 1.16. The molecule has 2 nitrogen and oxygen atoms in total. The van der Waals surface area contributed by atoms with E-state index in [1.807, 2.05) is 19.9 Å². The fourth-order valence-electron chi connectivity index (χ4n) is 2.39. The molecule has 3 atom stereocenters. The SMILES string of the molecule is CC1=CC(C)CC(C(C#N)NCC(F)(F)F)C1. The predicted molar refractivity (Wildman–Crippen MR) is 59.1 cm³/mol. The monoisotopic (exact) mass is 246 g/mol. The van der Waals surface area contributed by atoms with Crippen molar-refractivity contribution in [1.29, 1.82) is 5.26 Å². The zero-order valence-electron chi connectivity index (χ0n) is 10.0. The Kier molecular flexibility index (Phi) is 4.58. The number of rotatable bonds is 3. The summed E-state index contributed by atoms with van der Waals surface area (Å²) in [5.74, 6) is 0.305. The first kappa shape index (κ1) is 14.0. The topological polar surface area (TPSA) is 35.8 Å². The average Bonchev–Trinajstić information content (AvgIpc) is 2.15. The maximum Gasteiger partial charge on any atom is 0.401 e. The number of nitriles is 1. The Morgan fingerprint density at radius 2 is 2.24 bits per heavy atom. The molecule has 5 heteroatoms. The van der Waals surface area contributed by atoms with Gasteiger partial charge in [0.05, 0.1) is 18.7 Å². The highest BCUT2D eigenvalue weighted by Crippen LogP contribution is 2.30. The highest BCUT2D eigenvalue weighted by Gasteiger charge is 2.32. The fourth-order valence-corrected chi connectivity index (χ4v) is 2.39. The van der Waals surface area contributed by atoms with E-state index in [1.165, 1.54) is 0 Å². The molecular formula is C12H17F3N2. The third kappa shape index (κ3) is 4.78. The molecule has 0 spiro atoms. The van der Waals surface area contributed by atoms with Gasteiger partial charge in [-0.3, -0.25) is 5.32 Å². The van der Waals surface area contributed by atoms with Crippen molar-refractivity contribution in [1.82, 2.24) is 5.32 Å². The van der Waals surface area contributed by atoms with Gasteiger partial charge in [0, 0.05) is 0 Å². The van der Waals surface area contributed by atoms with Crippen LogP contribution in [0, 0.1) is 23.2 Å². The van der Waals surface area contributed by atoms with E-state index in [1.54, 1.807) is 0 Å². The quantitative estimate of drug-likeness (QED) is 0.777. The lowest BCUT2D eigenvalue weighted by Crippen LogP contribution is -2.41. The predicted octanol–water partition coefficient (Wildman–Crippen LogP) is 3.02. The van der Waals surface area contributed by atoms with Crippen molar-refractivity contribution in [2.45, 2.75) is 38.9 Å². The van der Waals surface area contributed by atoms with Crippen molar-refractivity contribution in [3.8, 4) is 6.07 Å². The molecule has 96 valence electrons. The van der Waals surface area contributed by atoms with Gasteiger partial charge in [-0.2, -0.15) is 18.4 Å². The Balaban J connectivity index is 2.58. The van der Waals surface area contributed by atoms with E-state index in [0.717, 1.165) is 12.0 Å². The van der Waals surface area contributed by atoms with Crippen LogP contribution in [0.2, 0.25) is 0 Å². The summed E-state index contributed by atoms with van der Waals surface area (Å²) in [5, 5.41) is 11.3. The number of nitrogens with zero attached hydrogens (tertiary/aromatic N) is 1. The van der Waals surface area contributed by atoms with Crippen LogP contribution in [0.4, 0.5) is 13.2 Å². The lowest BCUT2D eigenvalue weighted by Gasteiger charge is -2.29. The first-order valence-electron chi connectivity index (χ1n) is 5.69. The van der Waals surface area contributed by atoms with Gasteiger partial charge in [0.2, 0.25) is 0 Å². The lowest BCUT2D eigenvalue weighted by molar-refractivity contribution is -0.126. The van der Waals surface area contributed by atoms with Gasteiger partial charge in [-0.05, 0) is 31.6 Å². The summed E-state index contributed by atoms with van der Waals surface area (Å²) in [7, 11) is 0. The van der Waals surface area contributed by atoms with Crippen molar-refractivity contribution >= 4 is 0 Å². The molecule has 1 aliphatic rings. The molecule has 1 aliphatic carbocycles. The molecule has 1 rings (SSSR count). The molecule has 1 N–H and O–H groups in total. The highest BCUT2D eigenvalue weighted by molar-refractivity contribution is 5.10. The summed E-state index contributed by atoms with van der Waals surface area (Å²) in [6.45, 7) is 2.88. The molecule has 0 aliphatic heterocycles. The Bertz CT molecular complexity index is 328. The van der Waals surface area contributed by atoms with Gasteiger partial charge in [-0.25, -0.2) is 0 Å². The summed E-state index contributed by atoms with van der Waals surface area (Å²) in [6.07, 6.45) is -0.678. The lowest BCUT2D eigenvalue weighted by atomic mass is 9.80. The zero-order chi connectivity index (χ0) is 13.1. The highest BCUT2D eigenvalue weighted by atomic mass is 19.4. The number of halogens is 3. The Hall–Kier alpha value is -1.02. The van der Waals surface area contributed by atoms with Crippen LogP contribution in [0.15, 0.2) is 11.6 Å². The van der Waals surface area contributed by atoms with Crippen molar-refractivity contribution < 1.29 is 13.2 Å². The summed E-state index contributed by atoms with van der Waals surface area (Å²) < 4.78 is 36.3. The van der Waals surface area contributed by atoms with Crippen LogP contribution in [0.25, 0.3) is 0 Å². The second kappa shape index (κ2) is 5.54. The standard InChI is InChI=1S/C12H17F3N2/c1-8-3-9(2)5-10(4-8)11(6-16)17-7-12(13,14)15/h3,8,10-11,17H,4-5,7H2,1-2H3. The van der Waals surface area contributed by atoms with Crippen LogP contribution in [-0.2, 0) is 0 Å². The van der Waals surface area contributed by atoms with Gasteiger partial charge in [0.1, 0.15) is 0 Å². The van der Waals surface area contributed by atoms with E-state index in [4.69, 9.17) is 5.26 Å². The molecule has 0 heterocycles. The number of hydrogen-bond acceptors (Lipinski definition) is 2. The van der Waals surface area contributed by atoms with Crippen LogP contribution in [0.3, 0.4) is 0 Å². The minimum absolute atomic E-state index is 0.0256. The van der Waals surface area contributed by atoms with E-state index in [9.17, 15) is 13.2 Å². The molecule has 0 radical (unpaired) electrons. The van der Waals surface area contributed by atoms with Crippen molar-refractivity contribution in [2.75, 3.05) is 6.54 Å². The van der Waals surface area contributed by atoms with Gasteiger partial charge in [0.25, 0.3) is 0 Å². The molecule has 0 aromatic rings. The van der Waals surface area contributed by atoms with Crippen LogP contribution in [0.5, 0.6) is 0 Å². The Morgan fingerprint density at radius 1 is 1.59 bits per heavy atom. The fraction of sp³-hybridized carbons (Fsp3) is 0.750. The van der Waals surface area contributed by atoms with Gasteiger partial charge in [-0.15, -0.1) is 0 Å². The number of hydrogen-bond donors (Lipinski definition) is 1. The van der Waals surface area contributed by atoms with Crippen molar-refractivity contribution in [3.05, 3.63) is 11.6 Å². The first-order chi connectivity index (χ1) is 7.81. The molecule has 17 heavy (non-hydrogen) atoms. The van der Waals surface area contributed by atoms with Crippen molar-refractivity contribution in [3.63, 3.8) is 0 Å². The molecule has 0 aromatic heterocycles. The van der Waals surface area contributed by atoms with Gasteiger partial charge in [0.15, 0.2) is 0 Å². The summed E-state index contributed by atoms with van der Waals surface area (Å²) in [4.78, 5) is 0. The van der Waals surface area contributed by atoms with E-state index in [0.29, 0.717) is 12.3 Å². The van der Waals surface area contributed by atoms with Crippen LogP contribution in [0.1, 0.15) is 26.7 Å². The van der Waals surface area contributed by atoms with Gasteiger partial charge < -0.3 is 0 Å². The van der Waals surface area contributed by atoms with Crippen LogP contribution < -0.4 is 5.32 Å². The van der Waals surface area contributed by atoms with E-state index < -0.39 is 18.8 Å². The molecule has 0 aromatic carbocycles. The molecule has 0 saturated heterocycles. The van der Waals surface area contributed by atoms with Crippen LogP contribution in [-0.4, -0.2) is 18.8 Å². The van der Waals surface area contributed by atoms with Gasteiger partial charge in [-0.1, -0.05) is 18.6 Å². The number of nitrogens with one attached hydrogen (secondary N) is 1. The summed E-state index contributed by atoms with van der Waals surface area (Å²) in [6, 6.07) is 1.23. The molecule has 0 amide bonds. The van der Waals surface area contributed by atoms with E-state index in [2.05, 4.69) is 11.4 Å². The minimum Gasteiger partial charge on any atom is -0.293 e. The number of allylic oxidation sites excluding steroid dienone is 2. The smallest absolute Gasteiger partial charge is 0.293 e. The zero-order valence-corrected chi connectivity index (χ0v) is 10.0. The van der Waals surface area contributed by atoms with E-state index in [-0.39, 0.29) is 5.92 Å². The van der Waals surface area contributed by atoms with Crippen molar-refractivity contribution in [2.24, 2.45) is 11.8 Å². The normalized spacial score (nSPS) is 27.2. The Labute approximate surface area is 99.5 Å². The van der Waals surface area contributed by atoms with E-state index >= 15 is 0 Å². The van der Waals surface area contributed by atoms with Gasteiger partial charge >= 0.3 is 6.18 Å². The maximum atomic E-state index is 12.1. The molecule has 0 fully saturated rings. The third-order valence-corrected chi connectivity index (χ3v) is 2.96.